The van der Waals surface area contributed by atoms with E-state index in [0.29, 0.717) is 6.42 Å². The van der Waals surface area contributed by atoms with Crippen molar-refractivity contribution >= 4 is 16.8 Å². The average Bonchev–Trinajstić information content (AvgIpc) is 2.39. The fraction of sp³-hybridized carbons (Fsp3) is 0.235. The van der Waals surface area contributed by atoms with Gasteiger partial charge in [0.15, 0.2) is 0 Å². The van der Waals surface area contributed by atoms with Gasteiger partial charge in [-0.25, -0.2) is 0 Å². The molecule has 0 aliphatic rings. The number of hydrogen-bond acceptors (Lipinski definition) is 1. The SMILES string of the molecule is Cc1ccc(CC(C(=O)Cl)c2ccccc2C)cc1. The Morgan fingerprint density at radius 2 is 1.68 bits per heavy atom. The topological polar surface area (TPSA) is 17.1 Å². The monoisotopic (exact) mass is 272 g/mol. The third-order valence-electron chi connectivity index (χ3n) is 3.40. The molecule has 0 amide bonds. The highest BCUT2D eigenvalue weighted by molar-refractivity contribution is 6.64. The maximum atomic E-state index is 11.7. The first-order chi connectivity index (χ1) is 9.08. The molecule has 0 saturated heterocycles. The number of carbonyl (C=O) groups excluding carboxylic acids is 1. The molecular weight excluding hydrogens is 256 g/mol. The number of aryl methyl sites for hydroxylation is 2. The van der Waals surface area contributed by atoms with E-state index in [1.165, 1.54) is 5.56 Å². The predicted molar refractivity (Wildman–Crippen MR) is 79.7 cm³/mol. The van der Waals surface area contributed by atoms with Crippen LogP contribution in [-0.4, -0.2) is 5.24 Å². The Morgan fingerprint density at radius 1 is 1.05 bits per heavy atom. The van der Waals surface area contributed by atoms with E-state index < -0.39 is 0 Å². The van der Waals surface area contributed by atoms with Crippen LogP contribution in [-0.2, 0) is 11.2 Å². The number of carbonyl (C=O) groups is 1. The van der Waals surface area contributed by atoms with Gasteiger partial charge in [0.05, 0.1) is 5.92 Å². The zero-order chi connectivity index (χ0) is 13.8. The Labute approximate surface area is 119 Å². The van der Waals surface area contributed by atoms with E-state index in [1.54, 1.807) is 0 Å². The van der Waals surface area contributed by atoms with E-state index in [4.69, 9.17) is 11.6 Å². The van der Waals surface area contributed by atoms with Crippen LogP contribution in [0, 0.1) is 13.8 Å². The van der Waals surface area contributed by atoms with Gasteiger partial charge >= 0.3 is 0 Å². The van der Waals surface area contributed by atoms with Crippen molar-refractivity contribution in [3.05, 3.63) is 70.8 Å². The molecule has 0 heterocycles. The lowest BCUT2D eigenvalue weighted by Crippen LogP contribution is -2.11. The molecule has 0 aliphatic carbocycles. The van der Waals surface area contributed by atoms with Crippen molar-refractivity contribution < 1.29 is 4.79 Å². The first kappa shape index (κ1) is 13.8. The first-order valence-electron chi connectivity index (χ1n) is 6.38. The summed E-state index contributed by atoms with van der Waals surface area (Å²) < 4.78 is 0. The molecule has 19 heavy (non-hydrogen) atoms. The summed E-state index contributed by atoms with van der Waals surface area (Å²) in [5.41, 5.74) is 4.47. The minimum atomic E-state index is -0.296. The molecule has 0 bridgehead atoms. The zero-order valence-electron chi connectivity index (χ0n) is 11.2. The minimum Gasteiger partial charge on any atom is -0.281 e. The molecule has 2 rings (SSSR count). The third-order valence-corrected chi connectivity index (χ3v) is 3.66. The van der Waals surface area contributed by atoms with Gasteiger partial charge in [-0.15, -0.1) is 0 Å². The molecule has 0 fully saturated rings. The molecule has 2 heteroatoms. The van der Waals surface area contributed by atoms with E-state index in [2.05, 4.69) is 31.2 Å². The molecule has 0 saturated carbocycles. The van der Waals surface area contributed by atoms with Crippen LogP contribution >= 0.6 is 11.6 Å². The fourth-order valence-electron chi connectivity index (χ4n) is 2.25. The molecule has 0 aromatic heterocycles. The minimum absolute atomic E-state index is 0.273. The number of benzene rings is 2. The van der Waals surface area contributed by atoms with Gasteiger partial charge < -0.3 is 0 Å². The Kier molecular flexibility index (Phi) is 4.39. The smallest absolute Gasteiger partial charge is 0.229 e. The summed E-state index contributed by atoms with van der Waals surface area (Å²) in [6.45, 7) is 4.06. The van der Waals surface area contributed by atoms with Crippen LogP contribution in [0.15, 0.2) is 48.5 Å². The van der Waals surface area contributed by atoms with E-state index in [9.17, 15) is 4.79 Å². The van der Waals surface area contributed by atoms with Crippen molar-refractivity contribution in [3.63, 3.8) is 0 Å². The van der Waals surface area contributed by atoms with Gasteiger partial charge in [0.25, 0.3) is 0 Å². The molecule has 2 aromatic carbocycles. The largest absolute Gasteiger partial charge is 0.281 e. The molecular formula is C17H17ClO. The van der Waals surface area contributed by atoms with Crippen LogP contribution in [0.2, 0.25) is 0 Å². The molecule has 1 nitrogen and oxygen atoms in total. The highest BCUT2D eigenvalue weighted by atomic mass is 35.5. The van der Waals surface area contributed by atoms with Gasteiger partial charge in [-0.1, -0.05) is 54.1 Å². The van der Waals surface area contributed by atoms with Crippen molar-refractivity contribution in [2.45, 2.75) is 26.2 Å². The maximum Gasteiger partial charge on any atom is 0.229 e. The van der Waals surface area contributed by atoms with Gasteiger partial charge in [-0.05, 0) is 48.6 Å². The number of rotatable bonds is 4. The molecule has 0 aliphatic heterocycles. The van der Waals surface area contributed by atoms with Crippen LogP contribution in [0.5, 0.6) is 0 Å². The summed E-state index contributed by atoms with van der Waals surface area (Å²) >= 11 is 5.79. The van der Waals surface area contributed by atoms with E-state index in [1.807, 2.05) is 31.2 Å². The van der Waals surface area contributed by atoms with E-state index in [0.717, 1.165) is 16.7 Å². The summed E-state index contributed by atoms with van der Waals surface area (Å²) in [5.74, 6) is -0.273. The van der Waals surface area contributed by atoms with Gasteiger partial charge in [-0.3, -0.25) is 4.79 Å². The zero-order valence-corrected chi connectivity index (χ0v) is 11.9. The first-order valence-corrected chi connectivity index (χ1v) is 6.76. The molecule has 1 atom stereocenters. The highest BCUT2D eigenvalue weighted by Crippen LogP contribution is 2.26. The number of halogens is 1. The molecule has 0 N–H and O–H groups in total. The van der Waals surface area contributed by atoms with Crippen LogP contribution in [0.1, 0.15) is 28.2 Å². The van der Waals surface area contributed by atoms with Crippen LogP contribution in [0.3, 0.4) is 0 Å². The molecule has 1 unspecified atom stereocenters. The van der Waals surface area contributed by atoms with Crippen LogP contribution < -0.4 is 0 Å². The van der Waals surface area contributed by atoms with Crippen molar-refractivity contribution in [3.8, 4) is 0 Å². The van der Waals surface area contributed by atoms with Crippen molar-refractivity contribution in [2.24, 2.45) is 0 Å². The lowest BCUT2D eigenvalue weighted by atomic mass is 9.90. The molecule has 98 valence electrons. The van der Waals surface area contributed by atoms with Crippen molar-refractivity contribution in [1.29, 1.82) is 0 Å². The molecule has 0 radical (unpaired) electrons. The maximum absolute atomic E-state index is 11.7. The third kappa shape index (κ3) is 3.45. The Morgan fingerprint density at radius 3 is 2.26 bits per heavy atom. The summed E-state index contributed by atoms with van der Waals surface area (Å²) in [6.07, 6.45) is 0.646. The normalized spacial score (nSPS) is 12.2. The summed E-state index contributed by atoms with van der Waals surface area (Å²) in [7, 11) is 0. The van der Waals surface area contributed by atoms with Gasteiger partial charge in [0.1, 0.15) is 0 Å². The molecule has 0 spiro atoms. The Bertz CT molecular complexity index is 572. The second-order valence-corrected chi connectivity index (χ2v) is 5.28. The summed E-state index contributed by atoms with van der Waals surface area (Å²) in [5, 5.41) is -0.296. The van der Waals surface area contributed by atoms with Gasteiger partial charge in [-0.2, -0.15) is 0 Å². The second kappa shape index (κ2) is 6.03. The highest BCUT2D eigenvalue weighted by Gasteiger charge is 2.20. The molecule has 2 aromatic rings. The van der Waals surface area contributed by atoms with Crippen molar-refractivity contribution in [1.82, 2.24) is 0 Å². The lowest BCUT2D eigenvalue weighted by molar-refractivity contribution is -0.113. The van der Waals surface area contributed by atoms with E-state index in [-0.39, 0.29) is 11.2 Å². The van der Waals surface area contributed by atoms with Crippen LogP contribution in [0.4, 0.5) is 0 Å². The average molecular weight is 273 g/mol. The van der Waals surface area contributed by atoms with Crippen molar-refractivity contribution in [2.75, 3.05) is 0 Å². The lowest BCUT2D eigenvalue weighted by Gasteiger charge is -2.15. The van der Waals surface area contributed by atoms with Gasteiger partial charge in [0.2, 0.25) is 5.24 Å². The Hall–Kier alpha value is -1.60. The summed E-state index contributed by atoms with van der Waals surface area (Å²) in [6, 6.07) is 16.1. The summed E-state index contributed by atoms with van der Waals surface area (Å²) in [4.78, 5) is 11.7. The second-order valence-electron chi connectivity index (χ2n) is 4.90. The van der Waals surface area contributed by atoms with E-state index >= 15 is 0 Å². The predicted octanol–water partition coefficient (Wildman–Crippen LogP) is 4.40. The van der Waals surface area contributed by atoms with Crippen LogP contribution in [0.25, 0.3) is 0 Å². The van der Waals surface area contributed by atoms with Gasteiger partial charge in [0, 0.05) is 0 Å². The number of hydrogen-bond donors (Lipinski definition) is 0. The quantitative estimate of drug-likeness (QED) is 0.754. The Balaban J connectivity index is 2.29. The standard InChI is InChI=1S/C17H17ClO/c1-12-7-9-14(10-8-12)11-16(17(18)19)15-6-4-3-5-13(15)2/h3-10,16H,11H2,1-2H3. The fourth-order valence-corrected chi connectivity index (χ4v) is 2.44.